The first-order chi connectivity index (χ1) is 12.5. The molecular formula is C20H20ClNO3S. The quantitative estimate of drug-likeness (QED) is 0.411. The molecular weight excluding hydrogens is 370 g/mol. The Balaban J connectivity index is 1.87. The second kappa shape index (κ2) is 10.0. The van der Waals surface area contributed by atoms with Crippen molar-refractivity contribution in [3.63, 3.8) is 0 Å². The molecule has 1 amide bonds. The summed E-state index contributed by atoms with van der Waals surface area (Å²) < 4.78 is 5.17. The molecule has 0 bridgehead atoms. The van der Waals surface area contributed by atoms with Crippen LogP contribution in [0.25, 0.3) is 0 Å². The fraction of sp³-hybridized carbons (Fsp3) is 0.200. The number of esters is 1. The van der Waals surface area contributed by atoms with Gasteiger partial charge in [-0.1, -0.05) is 29.8 Å². The fourth-order valence-corrected chi connectivity index (χ4v) is 3.01. The van der Waals surface area contributed by atoms with E-state index in [0.29, 0.717) is 17.1 Å². The van der Waals surface area contributed by atoms with E-state index >= 15 is 0 Å². The van der Waals surface area contributed by atoms with Crippen LogP contribution < -0.4 is 5.32 Å². The highest BCUT2D eigenvalue weighted by atomic mass is 35.5. The maximum Gasteiger partial charge on any atom is 0.338 e. The zero-order valence-corrected chi connectivity index (χ0v) is 16.0. The van der Waals surface area contributed by atoms with Gasteiger partial charge in [-0.05, 0) is 48.9 Å². The Labute approximate surface area is 162 Å². The Bertz CT molecular complexity index is 760. The number of nitrogens with one attached hydrogen (secondary N) is 1. The molecule has 2 aromatic rings. The van der Waals surface area contributed by atoms with Crippen LogP contribution in [0.1, 0.15) is 22.8 Å². The van der Waals surface area contributed by atoms with Gasteiger partial charge in [-0.3, -0.25) is 4.79 Å². The number of hydrogen-bond acceptors (Lipinski definition) is 4. The molecule has 2 aromatic carbocycles. The molecule has 0 fully saturated rings. The summed E-state index contributed by atoms with van der Waals surface area (Å²) in [6.07, 6.45) is 0.704. The maximum atomic E-state index is 12.1. The van der Waals surface area contributed by atoms with Crippen LogP contribution >= 0.6 is 23.4 Å². The second-order valence-electron chi connectivity index (χ2n) is 5.52. The van der Waals surface area contributed by atoms with E-state index in [2.05, 4.69) is 11.9 Å². The number of hydrogen-bond donors (Lipinski definition) is 1. The van der Waals surface area contributed by atoms with Crippen molar-refractivity contribution >= 4 is 35.2 Å². The van der Waals surface area contributed by atoms with E-state index in [4.69, 9.17) is 16.3 Å². The maximum absolute atomic E-state index is 12.1. The Morgan fingerprint density at radius 3 is 2.46 bits per heavy atom. The number of thioether (sulfide) groups is 1. The van der Waals surface area contributed by atoms with E-state index in [1.165, 1.54) is 6.92 Å². The molecule has 2 rings (SSSR count). The fourth-order valence-electron chi connectivity index (χ4n) is 2.03. The van der Waals surface area contributed by atoms with Crippen molar-refractivity contribution in [2.75, 3.05) is 6.54 Å². The van der Waals surface area contributed by atoms with Gasteiger partial charge in [-0.15, -0.1) is 18.3 Å². The molecule has 1 atom stereocenters. The number of carbonyl (C=O) groups is 2. The number of halogens is 1. The largest absolute Gasteiger partial charge is 0.449 e. The van der Waals surface area contributed by atoms with Crippen molar-refractivity contribution in [1.82, 2.24) is 5.32 Å². The first-order valence-corrected chi connectivity index (χ1v) is 9.43. The number of amides is 1. The minimum Gasteiger partial charge on any atom is -0.449 e. The van der Waals surface area contributed by atoms with Gasteiger partial charge in [0.05, 0.1) is 5.56 Å². The van der Waals surface area contributed by atoms with E-state index in [1.54, 1.807) is 30.0 Å². The molecule has 26 heavy (non-hydrogen) atoms. The molecule has 0 heterocycles. The van der Waals surface area contributed by atoms with Crippen LogP contribution in [0.2, 0.25) is 5.02 Å². The number of carbonyl (C=O) groups excluding carboxylic acids is 2. The standard InChI is InChI=1S/C20H20ClNO3S/c1-3-12-22-19(23)14(2)25-20(24)16-6-4-15(5-7-16)13-26-18-10-8-17(21)9-11-18/h3-11,14H,1,12-13H2,2H3,(H,22,23)/t14-/m1/s1. The smallest absolute Gasteiger partial charge is 0.338 e. The van der Waals surface area contributed by atoms with Gasteiger partial charge in [-0.25, -0.2) is 4.79 Å². The molecule has 0 unspecified atom stereocenters. The van der Waals surface area contributed by atoms with Crippen molar-refractivity contribution in [3.05, 3.63) is 77.3 Å². The van der Waals surface area contributed by atoms with Gasteiger partial charge < -0.3 is 10.1 Å². The molecule has 0 saturated heterocycles. The molecule has 0 saturated carbocycles. The summed E-state index contributed by atoms with van der Waals surface area (Å²) in [6, 6.07) is 14.8. The highest BCUT2D eigenvalue weighted by Gasteiger charge is 2.18. The van der Waals surface area contributed by atoms with Crippen LogP contribution in [0.4, 0.5) is 0 Å². The van der Waals surface area contributed by atoms with E-state index in [1.807, 2.05) is 36.4 Å². The van der Waals surface area contributed by atoms with Gasteiger partial charge >= 0.3 is 5.97 Å². The molecule has 1 N–H and O–H groups in total. The minimum atomic E-state index is -0.859. The summed E-state index contributed by atoms with van der Waals surface area (Å²) in [7, 11) is 0. The lowest BCUT2D eigenvalue weighted by atomic mass is 10.1. The summed E-state index contributed by atoms with van der Waals surface area (Å²) in [6.45, 7) is 5.39. The predicted molar refractivity (Wildman–Crippen MR) is 106 cm³/mol. The average Bonchev–Trinajstić information content (AvgIpc) is 2.66. The Kier molecular flexibility index (Phi) is 7.75. The highest BCUT2D eigenvalue weighted by molar-refractivity contribution is 7.98. The van der Waals surface area contributed by atoms with Crippen molar-refractivity contribution in [2.45, 2.75) is 23.7 Å². The third kappa shape index (κ3) is 6.24. The molecule has 0 aliphatic heterocycles. The van der Waals surface area contributed by atoms with Gasteiger partial charge in [-0.2, -0.15) is 0 Å². The van der Waals surface area contributed by atoms with Gasteiger partial charge in [0.25, 0.3) is 5.91 Å². The lowest BCUT2D eigenvalue weighted by Gasteiger charge is -2.13. The molecule has 0 radical (unpaired) electrons. The molecule has 136 valence electrons. The van der Waals surface area contributed by atoms with Crippen LogP contribution in [-0.4, -0.2) is 24.5 Å². The highest BCUT2D eigenvalue weighted by Crippen LogP contribution is 2.24. The summed E-state index contributed by atoms with van der Waals surface area (Å²) in [5.41, 5.74) is 1.49. The topological polar surface area (TPSA) is 55.4 Å². The first-order valence-electron chi connectivity index (χ1n) is 8.06. The molecule has 0 spiro atoms. The van der Waals surface area contributed by atoms with Crippen LogP contribution in [-0.2, 0) is 15.3 Å². The third-order valence-electron chi connectivity index (χ3n) is 3.48. The van der Waals surface area contributed by atoms with E-state index in [9.17, 15) is 9.59 Å². The third-order valence-corrected chi connectivity index (χ3v) is 4.82. The molecule has 6 heteroatoms. The first kappa shape index (κ1) is 20.1. The minimum absolute atomic E-state index is 0.334. The van der Waals surface area contributed by atoms with Crippen molar-refractivity contribution in [2.24, 2.45) is 0 Å². The number of benzene rings is 2. The van der Waals surface area contributed by atoms with E-state index < -0.39 is 12.1 Å². The molecule has 4 nitrogen and oxygen atoms in total. The summed E-state index contributed by atoms with van der Waals surface area (Å²) in [5, 5.41) is 3.30. The van der Waals surface area contributed by atoms with Crippen molar-refractivity contribution in [3.8, 4) is 0 Å². The Morgan fingerprint density at radius 2 is 1.85 bits per heavy atom. The SMILES string of the molecule is C=CCNC(=O)[C@@H](C)OC(=O)c1ccc(CSc2ccc(Cl)cc2)cc1. The normalized spacial score (nSPS) is 11.5. The Morgan fingerprint density at radius 1 is 1.19 bits per heavy atom. The van der Waals surface area contributed by atoms with Crippen LogP contribution in [0.3, 0.4) is 0 Å². The lowest BCUT2D eigenvalue weighted by Crippen LogP contribution is -2.35. The average molecular weight is 390 g/mol. The number of ether oxygens (including phenoxy) is 1. The number of rotatable bonds is 8. The molecule has 0 aromatic heterocycles. The monoisotopic (exact) mass is 389 g/mol. The summed E-state index contributed by atoms with van der Waals surface area (Å²) >= 11 is 7.56. The van der Waals surface area contributed by atoms with Crippen molar-refractivity contribution < 1.29 is 14.3 Å². The van der Waals surface area contributed by atoms with E-state index in [0.717, 1.165) is 16.2 Å². The Hall–Kier alpha value is -2.24. The molecule has 0 aliphatic carbocycles. The summed E-state index contributed by atoms with van der Waals surface area (Å²) in [5.74, 6) is -0.102. The lowest BCUT2D eigenvalue weighted by molar-refractivity contribution is -0.128. The van der Waals surface area contributed by atoms with E-state index in [-0.39, 0.29) is 5.91 Å². The zero-order chi connectivity index (χ0) is 18.9. The summed E-state index contributed by atoms with van der Waals surface area (Å²) in [4.78, 5) is 25.0. The van der Waals surface area contributed by atoms with Gasteiger partial charge in [0.15, 0.2) is 6.10 Å². The second-order valence-corrected chi connectivity index (χ2v) is 7.01. The van der Waals surface area contributed by atoms with Gasteiger partial charge in [0.1, 0.15) is 0 Å². The van der Waals surface area contributed by atoms with Crippen LogP contribution in [0, 0.1) is 0 Å². The van der Waals surface area contributed by atoms with Crippen LogP contribution in [0.5, 0.6) is 0 Å². The van der Waals surface area contributed by atoms with Crippen molar-refractivity contribution in [1.29, 1.82) is 0 Å². The zero-order valence-electron chi connectivity index (χ0n) is 14.4. The van der Waals surface area contributed by atoms with Gasteiger partial charge in [0.2, 0.25) is 0 Å². The van der Waals surface area contributed by atoms with Gasteiger partial charge in [0, 0.05) is 22.2 Å². The predicted octanol–water partition coefficient (Wildman–Crippen LogP) is 4.48. The van der Waals surface area contributed by atoms with Crippen LogP contribution in [0.15, 0.2) is 66.1 Å². The molecule has 0 aliphatic rings.